The number of rotatable bonds is 3. The molecule has 18 heavy (non-hydrogen) atoms. The number of nitrogens with zero attached hydrogens (tertiary/aromatic N) is 1. The summed E-state index contributed by atoms with van der Waals surface area (Å²) in [5.41, 5.74) is 1.52. The van der Waals surface area contributed by atoms with Crippen LogP contribution in [0.3, 0.4) is 0 Å². The number of hydrogen-bond donors (Lipinski definition) is 2. The van der Waals surface area contributed by atoms with E-state index in [4.69, 9.17) is 5.11 Å². The van der Waals surface area contributed by atoms with Crippen LogP contribution < -0.4 is 5.32 Å². The predicted octanol–water partition coefficient (Wildman–Crippen LogP) is 0.889. The number of hydrogen-bond acceptors (Lipinski definition) is 3. The molecule has 0 aliphatic carbocycles. The fraction of sp³-hybridized carbons (Fsp3) is 0.500. The number of benzene rings is 1. The van der Waals surface area contributed by atoms with Crippen molar-refractivity contribution >= 4 is 5.91 Å². The zero-order valence-electron chi connectivity index (χ0n) is 10.9. The second-order valence-corrected chi connectivity index (χ2v) is 5.25. The lowest BCUT2D eigenvalue weighted by molar-refractivity contribution is -0.140. The van der Waals surface area contributed by atoms with E-state index < -0.39 is 5.54 Å². The largest absolute Gasteiger partial charge is 0.392 e. The number of nitrogens with one attached hydrogen (secondary N) is 1. The van der Waals surface area contributed by atoms with Gasteiger partial charge in [-0.3, -0.25) is 4.79 Å². The summed E-state index contributed by atoms with van der Waals surface area (Å²) in [6.07, 6.45) is 0. The van der Waals surface area contributed by atoms with E-state index >= 15 is 0 Å². The monoisotopic (exact) mass is 248 g/mol. The van der Waals surface area contributed by atoms with Crippen molar-refractivity contribution < 1.29 is 9.90 Å². The Morgan fingerprint density at radius 3 is 2.50 bits per heavy atom. The topological polar surface area (TPSA) is 52.6 Å². The number of piperazine rings is 1. The summed E-state index contributed by atoms with van der Waals surface area (Å²) in [6.45, 7) is 6.08. The van der Waals surface area contributed by atoms with Crippen LogP contribution >= 0.6 is 0 Å². The van der Waals surface area contributed by atoms with E-state index in [1.165, 1.54) is 0 Å². The molecule has 0 spiro atoms. The average Bonchev–Trinajstić information content (AvgIpc) is 2.36. The Labute approximate surface area is 108 Å². The highest BCUT2D eigenvalue weighted by Gasteiger charge is 2.34. The molecule has 98 valence electrons. The molecule has 0 radical (unpaired) electrons. The van der Waals surface area contributed by atoms with Gasteiger partial charge < -0.3 is 15.3 Å². The van der Waals surface area contributed by atoms with Crippen molar-refractivity contribution in [2.45, 2.75) is 32.5 Å². The number of carbonyl (C=O) groups excluding carboxylic acids is 1. The minimum atomic E-state index is -0.469. The molecule has 4 heteroatoms. The number of aliphatic hydroxyl groups is 1. The van der Waals surface area contributed by atoms with Crippen molar-refractivity contribution in [1.82, 2.24) is 10.2 Å². The van der Waals surface area contributed by atoms with Gasteiger partial charge in [0.15, 0.2) is 0 Å². The SMILES string of the molecule is CC1(C)NCCN(Cc2ccc(CO)cc2)C1=O. The summed E-state index contributed by atoms with van der Waals surface area (Å²) in [5, 5.41) is 12.2. The van der Waals surface area contributed by atoms with Crippen LogP contribution in [-0.4, -0.2) is 34.5 Å². The van der Waals surface area contributed by atoms with Gasteiger partial charge in [-0.2, -0.15) is 0 Å². The average molecular weight is 248 g/mol. The van der Waals surface area contributed by atoms with Crippen molar-refractivity contribution in [3.63, 3.8) is 0 Å². The van der Waals surface area contributed by atoms with Gasteiger partial charge >= 0.3 is 0 Å². The molecule has 1 aromatic rings. The van der Waals surface area contributed by atoms with Gasteiger partial charge in [0.05, 0.1) is 12.1 Å². The summed E-state index contributed by atoms with van der Waals surface area (Å²) in [6, 6.07) is 7.72. The van der Waals surface area contributed by atoms with Crippen molar-refractivity contribution in [2.75, 3.05) is 13.1 Å². The maximum atomic E-state index is 12.2. The summed E-state index contributed by atoms with van der Waals surface area (Å²) in [4.78, 5) is 14.1. The van der Waals surface area contributed by atoms with Crippen LogP contribution in [0.1, 0.15) is 25.0 Å². The first kappa shape index (κ1) is 13.1. The Morgan fingerprint density at radius 1 is 1.28 bits per heavy atom. The van der Waals surface area contributed by atoms with Gasteiger partial charge in [-0.1, -0.05) is 24.3 Å². The molecule has 0 aromatic heterocycles. The second-order valence-electron chi connectivity index (χ2n) is 5.25. The normalized spacial score (nSPS) is 19.1. The lowest BCUT2D eigenvalue weighted by Crippen LogP contribution is -2.60. The van der Waals surface area contributed by atoms with Gasteiger partial charge in [0.1, 0.15) is 0 Å². The molecular formula is C14H20N2O2. The molecule has 0 unspecified atom stereocenters. The Balaban J connectivity index is 2.06. The highest BCUT2D eigenvalue weighted by Crippen LogP contribution is 2.15. The highest BCUT2D eigenvalue weighted by atomic mass is 16.3. The Morgan fingerprint density at radius 2 is 1.89 bits per heavy atom. The summed E-state index contributed by atoms with van der Waals surface area (Å²) in [5.74, 6) is 0.139. The number of amides is 1. The molecule has 0 bridgehead atoms. The van der Waals surface area contributed by atoms with Gasteiger partial charge in [-0.25, -0.2) is 0 Å². The summed E-state index contributed by atoms with van der Waals surface area (Å²) >= 11 is 0. The lowest BCUT2D eigenvalue weighted by atomic mass is 10.00. The fourth-order valence-electron chi connectivity index (χ4n) is 2.20. The zero-order valence-corrected chi connectivity index (χ0v) is 10.9. The Hall–Kier alpha value is -1.39. The van der Waals surface area contributed by atoms with Crippen LogP contribution in [0.25, 0.3) is 0 Å². The molecule has 1 amide bonds. The van der Waals surface area contributed by atoms with Crippen molar-refractivity contribution in [3.05, 3.63) is 35.4 Å². The zero-order chi connectivity index (χ0) is 13.2. The van der Waals surface area contributed by atoms with Crippen molar-refractivity contribution in [1.29, 1.82) is 0 Å². The Bertz CT molecular complexity index is 426. The van der Waals surface area contributed by atoms with E-state index in [1.807, 2.05) is 43.0 Å². The third kappa shape index (κ3) is 2.71. The molecule has 1 aliphatic rings. The van der Waals surface area contributed by atoms with Gasteiger partial charge in [0.25, 0.3) is 0 Å². The van der Waals surface area contributed by atoms with Crippen LogP contribution in [0.15, 0.2) is 24.3 Å². The van der Waals surface area contributed by atoms with Crippen molar-refractivity contribution in [2.24, 2.45) is 0 Å². The first-order valence-electron chi connectivity index (χ1n) is 6.26. The minimum Gasteiger partial charge on any atom is -0.392 e. The molecule has 2 N–H and O–H groups in total. The number of aliphatic hydroxyl groups excluding tert-OH is 1. The molecule has 0 atom stereocenters. The quantitative estimate of drug-likeness (QED) is 0.835. The predicted molar refractivity (Wildman–Crippen MR) is 69.9 cm³/mol. The number of carbonyl (C=O) groups is 1. The highest BCUT2D eigenvalue weighted by molar-refractivity contribution is 5.86. The fourth-order valence-corrected chi connectivity index (χ4v) is 2.20. The first-order valence-corrected chi connectivity index (χ1v) is 6.26. The van der Waals surface area contributed by atoms with Crippen LogP contribution in [0.5, 0.6) is 0 Å². The maximum Gasteiger partial charge on any atom is 0.242 e. The molecule has 4 nitrogen and oxygen atoms in total. The van der Waals surface area contributed by atoms with E-state index in [0.29, 0.717) is 6.54 Å². The molecule has 1 fully saturated rings. The molecule has 1 aliphatic heterocycles. The van der Waals surface area contributed by atoms with E-state index in [2.05, 4.69) is 5.32 Å². The second kappa shape index (κ2) is 5.08. The molecule has 1 saturated heterocycles. The third-order valence-corrected chi connectivity index (χ3v) is 3.35. The summed E-state index contributed by atoms with van der Waals surface area (Å²) < 4.78 is 0. The van der Waals surface area contributed by atoms with Gasteiger partial charge in [-0.15, -0.1) is 0 Å². The van der Waals surface area contributed by atoms with Crippen LogP contribution in [-0.2, 0) is 17.9 Å². The maximum absolute atomic E-state index is 12.2. The molecule has 1 heterocycles. The van der Waals surface area contributed by atoms with Crippen LogP contribution in [0.4, 0.5) is 0 Å². The first-order chi connectivity index (χ1) is 8.53. The molecule has 1 aromatic carbocycles. The molecule has 2 rings (SSSR count). The minimum absolute atomic E-state index is 0.0554. The Kier molecular flexibility index (Phi) is 3.68. The van der Waals surface area contributed by atoms with Gasteiger partial charge in [0.2, 0.25) is 5.91 Å². The third-order valence-electron chi connectivity index (χ3n) is 3.35. The standard InChI is InChI=1S/C14H20N2O2/c1-14(2)13(18)16(8-7-15-14)9-11-3-5-12(10-17)6-4-11/h3-6,15,17H,7-10H2,1-2H3. The van der Waals surface area contributed by atoms with Gasteiger partial charge in [0, 0.05) is 19.6 Å². The van der Waals surface area contributed by atoms with E-state index in [0.717, 1.165) is 24.2 Å². The van der Waals surface area contributed by atoms with E-state index in [1.54, 1.807) is 0 Å². The van der Waals surface area contributed by atoms with E-state index in [9.17, 15) is 4.79 Å². The molecular weight excluding hydrogens is 228 g/mol. The lowest BCUT2D eigenvalue weighted by Gasteiger charge is -2.38. The van der Waals surface area contributed by atoms with Crippen LogP contribution in [0.2, 0.25) is 0 Å². The van der Waals surface area contributed by atoms with Crippen molar-refractivity contribution in [3.8, 4) is 0 Å². The van der Waals surface area contributed by atoms with Crippen LogP contribution in [0, 0.1) is 0 Å². The molecule has 0 saturated carbocycles. The smallest absolute Gasteiger partial charge is 0.242 e. The van der Waals surface area contributed by atoms with Gasteiger partial charge in [-0.05, 0) is 25.0 Å². The summed E-state index contributed by atoms with van der Waals surface area (Å²) in [7, 11) is 0. The van der Waals surface area contributed by atoms with E-state index in [-0.39, 0.29) is 12.5 Å².